The van der Waals surface area contributed by atoms with Crippen LogP contribution in [0.3, 0.4) is 0 Å². The van der Waals surface area contributed by atoms with Crippen LogP contribution in [0.5, 0.6) is 0 Å². The third kappa shape index (κ3) is 2.11. The molecule has 5 heteroatoms. The normalized spacial score (nSPS) is 11.0. The van der Waals surface area contributed by atoms with Gasteiger partial charge in [-0.05, 0) is 36.9 Å². The average Bonchev–Trinajstić information content (AvgIpc) is 2.94. The van der Waals surface area contributed by atoms with Crippen LogP contribution < -0.4 is 5.32 Å². The Hall–Kier alpha value is -1.46. The zero-order valence-electron chi connectivity index (χ0n) is 10.2. The molecule has 92 valence electrons. The topological polar surface area (TPSA) is 37.8 Å². The van der Waals surface area contributed by atoms with Crippen molar-refractivity contribution in [2.45, 2.75) is 20.4 Å². The Morgan fingerprint density at radius 1 is 1.22 bits per heavy atom. The van der Waals surface area contributed by atoms with E-state index < -0.39 is 0 Å². The number of rotatable bonds is 3. The highest BCUT2D eigenvalue weighted by Crippen LogP contribution is 2.29. The molecule has 0 aliphatic carbocycles. The van der Waals surface area contributed by atoms with E-state index >= 15 is 0 Å². The first-order chi connectivity index (χ1) is 8.74. The van der Waals surface area contributed by atoms with E-state index in [0.29, 0.717) is 0 Å². The van der Waals surface area contributed by atoms with E-state index in [0.717, 1.165) is 22.6 Å². The van der Waals surface area contributed by atoms with Gasteiger partial charge in [-0.1, -0.05) is 0 Å². The molecule has 0 amide bonds. The smallest absolute Gasteiger partial charge is 0.147 e. The van der Waals surface area contributed by atoms with Gasteiger partial charge in [-0.2, -0.15) is 0 Å². The standard InChI is InChI=1S/C13H13N3S2/c1-8-6-17-12-11(8)15-7-16-13(12)14-5-10-4-3-9(2)18-10/h3-4,6-7H,5H2,1-2H3,(H,14,15,16). The molecule has 0 atom stereocenters. The first-order valence-corrected chi connectivity index (χ1v) is 7.41. The van der Waals surface area contributed by atoms with Crippen molar-refractivity contribution in [1.82, 2.24) is 9.97 Å². The van der Waals surface area contributed by atoms with Gasteiger partial charge in [0.25, 0.3) is 0 Å². The fourth-order valence-electron chi connectivity index (χ4n) is 1.85. The lowest BCUT2D eigenvalue weighted by Crippen LogP contribution is -2.00. The monoisotopic (exact) mass is 275 g/mol. The predicted molar refractivity (Wildman–Crippen MR) is 78.5 cm³/mol. The van der Waals surface area contributed by atoms with Crippen molar-refractivity contribution in [2.75, 3.05) is 5.32 Å². The molecular formula is C13H13N3S2. The predicted octanol–water partition coefficient (Wildman–Crippen LogP) is 3.98. The quantitative estimate of drug-likeness (QED) is 0.785. The molecule has 3 heterocycles. The van der Waals surface area contributed by atoms with Crippen molar-refractivity contribution in [1.29, 1.82) is 0 Å². The van der Waals surface area contributed by atoms with Gasteiger partial charge in [-0.3, -0.25) is 0 Å². The van der Waals surface area contributed by atoms with Crippen LogP contribution in [0.2, 0.25) is 0 Å². The Balaban J connectivity index is 1.86. The van der Waals surface area contributed by atoms with Crippen molar-refractivity contribution in [3.8, 4) is 0 Å². The van der Waals surface area contributed by atoms with E-state index in [2.05, 4.69) is 46.6 Å². The third-order valence-electron chi connectivity index (χ3n) is 2.76. The average molecular weight is 275 g/mol. The number of anilines is 1. The molecule has 0 fully saturated rings. The highest BCUT2D eigenvalue weighted by molar-refractivity contribution is 7.18. The molecule has 18 heavy (non-hydrogen) atoms. The number of nitrogens with one attached hydrogen (secondary N) is 1. The van der Waals surface area contributed by atoms with E-state index in [9.17, 15) is 0 Å². The fraction of sp³-hybridized carbons (Fsp3) is 0.231. The molecule has 3 aromatic heterocycles. The summed E-state index contributed by atoms with van der Waals surface area (Å²) in [6.07, 6.45) is 1.63. The Kier molecular flexibility index (Phi) is 3.01. The van der Waals surface area contributed by atoms with E-state index in [1.807, 2.05) is 11.3 Å². The van der Waals surface area contributed by atoms with Crippen LogP contribution in [0.1, 0.15) is 15.3 Å². The van der Waals surface area contributed by atoms with E-state index in [1.54, 1.807) is 17.7 Å². The third-order valence-corrected chi connectivity index (χ3v) is 4.85. The van der Waals surface area contributed by atoms with Crippen molar-refractivity contribution in [3.63, 3.8) is 0 Å². The Morgan fingerprint density at radius 2 is 2.11 bits per heavy atom. The Morgan fingerprint density at radius 3 is 2.89 bits per heavy atom. The zero-order valence-corrected chi connectivity index (χ0v) is 11.9. The minimum atomic E-state index is 0.821. The van der Waals surface area contributed by atoms with Crippen LogP contribution in [-0.2, 0) is 6.54 Å². The fourth-order valence-corrected chi connectivity index (χ4v) is 3.64. The number of nitrogens with zero attached hydrogens (tertiary/aromatic N) is 2. The molecule has 0 aliphatic rings. The largest absolute Gasteiger partial charge is 0.364 e. The van der Waals surface area contributed by atoms with Gasteiger partial charge < -0.3 is 5.32 Å². The maximum absolute atomic E-state index is 4.33. The summed E-state index contributed by atoms with van der Waals surface area (Å²) in [4.78, 5) is 11.3. The first kappa shape index (κ1) is 11.6. The summed E-state index contributed by atoms with van der Waals surface area (Å²) in [6.45, 7) is 5.03. The van der Waals surface area contributed by atoms with Crippen LogP contribution in [-0.4, -0.2) is 9.97 Å². The second kappa shape index (κ2) is 4.66. The molecule has 0 unspecified atom stereocenters. The van der Waals surface area contributed by atoms with Crippen molar-refractivity contribution >= 4 is 38.7 Å². The summed E-state index contributed by atoms with van der Waals surface area (Å²) >= 11 is 3.51. The number of aromatic nitrogens is 2. The summed E-state index contributed by atoms with van der Waals surface area (Å²) in [7, 11) is 0. The molecule has 0 aliphatic heterocycles. The minimum absolute atomic E-state index is 0.821. The van der Waals surface area contributed by atoms with Gasteiger partial charge in [0.2, 0.25) is 0 Å². The van der Waals surface area contributed by atoms with Gasteiger partial charge in [0.15, 0.2) is 0 Å². The molecular weight excluding hydrogens is 262 g/mol. The van der Waals surface area contributed by atoms with Gasteiger partial charge in [0.1, 0.15) is 12.1 Å². The van der Waals surface area contributed by atoms with Crippen molar-refractivity contribution in [2.24, 2.45) is 0 Å². The number of hydrogen-bond acceptors (Lipinski definition) is 5. The number of aryl methyl sites for hydroxylation is 2. The van der Waals surface area contributed by atoms with Crippen LogP contribution in [0.25, 0.3) is 10.2 Å². The van der Waals surface area contributed by atoms with E-state index in [-0.39, 0.29) is 0 Å². The molecule has 0 radical (unpaired) electrons. The molecule has 1 N–H and O–H groups in total. The summed E-state index contributed by atoms with van der Waals surface area (Å²) in [5.41, 5.74) is 2.27. The Labute approximate surface area is 114 Å². The highest BCUT2D eigenvalue weighted by atomic mass is 32.1. The van der Waals surface area contributed by atoms with Gasteiger partial charge in [0, 0.05) is 9.75 Å². The lowest BCUT2D eigenvalue weighted by atomic mass is 10.3. The SMILES string of the molecule is Cc1ccc(CNc2ncnc3c(C)csc23)s1. The minimum Gasteiger partial charge on any atom is -0.364 e. The molecule has 3 rings (SSSR count). The summed E-state index contributed by atoms with van der Waals surface area (Å²) in [6, 6.07) is 4.30. The first-order valence-electron chi connectivity index (χ1n) is 5.72. The van der Waals surface area contributed by atoms with Gasteiger partial charge in [0.05, 0.1) is 16.8 Å². The second-order valence-corrected chi connectivity index (χ2v) is 6.44. The molecule has 0 bridgehead atoms. The molecule has 0 saturated heterocycles. The van der Waals surface area contributed by atoms with Crippen LogP contribution >= 0.6 is 22.7 Å². The molecule has 0 aromatic carbocycles. The second-order valence-electron chi connectivity index (χ2n) is 4.18. The summed E-state index contributed by atoms with van der Waals surface area (Å²) in [5.74, 6) is 0.934. The van der Waals surface area contributed by atoms with Crippen LogP contribution in [0.4, 0.5) is 5.82 Å². The maximum atomic E-state index is 4.33. The van der Waals surface area contributed by atoms with Gasteiger partial charge >= 0.3 is 0 Å². The maximum Gasteiger partial charge on any atom is 0.147 e. The van der Waals surface area contributed by atoms with Crippen molar-refractivity contribution in [3.05, 3.63) is 39.2 Å². The zero-order chi connectivity index (χ0) is 12.5. The van der Waals surface area contributed by atoms with Crippen LogP contribution in [0, 0.1) is 13.8 Å². The lowest BCUT2D eigenvalue weighted by molar-refractivity contribution is 1.13. The van der Waals surface area contributed by atoms with E-state index in [1.165, 1.54) is 15.3 Å². The number of thiophene rings is 2. The molecule has 3 aromatic rings. The Bertz CT molecular complexity index is 684. The van der Waals surface area contributed by atoms with Gasteiger partial charge in [-0.15, -0.1) is 22.7 Å². The summed E-state index contributed by atoms with van der Waals surface area (Å²) < 4.78 is 1.14. The lowest BCUT2D eigenvalue weighted by Gasteiger charge is -2.04. The molecule has 3 nitrogen and oxygen atoms in total. The van der Waals surface area contributed by atoms with E-state index in [4.69, 9.17) is 0 Å². The van der Waals surface area contributed by atoms with Gasteiger partial charge in [-0.25, -0.2) is 9.97 Å². The number of fused-ring (bicyclic) bond motifs is 1. The van der Waals surface area contributed by atoms with Crippen molar-refractivity contribution < 1.29 is 0 Å². The highest BCUT2D eigenvalue weighted by Gasteiger charge is 2.07. The summed E-state index contributed by atoms with van der Waals surface area (Å²) in [5, 5.41) is 5.53. The molecule has 0 spiro atoms. The molecule has 0 saturated carbocycles. The number of hydrogen-bond donors (Lipinski definition) is 1. The van der Waals surface area contributed by atoms with Crippen LogP contribution in [0.15, 0.2) is 23.8 Å².